The molecule has 156 valence electrons. The Balaban J connectivity index is 1.76. The standard InChI is InChI=1S/C26H21N5O/c1-18-7-6-8-19(2)24(18)29-26(32)21(16-27)15-22-17-31(23-9-4-3-5-10-23)30-25(22)20-11-13-28-14-12-20/h3-15,17H,1-2H3,(H,29,32)/b21-15+. The van der Waals surface area contributed by atoms with Gasteiger partial charge in [-0.3, -0.25) is 9.78 Å². The van der Waals surface area contributed by atoms with Crippen molar-refractivity contribution in [2.45, 2.75) is 13.8 Å². The second kappa shape index (κ2) is 9.11. The number of nitrogens with one attached hydrogen (secondary N) is 1. The highest BCUT2D eigenvalue weighted by atomic mass is 16.1. The summed E-state index contributed by atoms with van der Waals surface area (Å²) in [5, 5.41) is 17.3. The fraction of sp³-hybridized carbons (Fsp3) is 0.0769. The Bertz CT molecular complexity index is 1310. The summed E-state index contributed by atoms with van der Waals surface area (Å²) in [4.78, 5) is 17.0. The van der Waals surface area contributed by atoms with Crippen molar-refractivity contribution in [1.82, 2.24) is 14.8 Å². The first-order valence-electron chi connectivity index (χ1n) is 10.1. The van der Waals surface area contributed by atoms with E-state index in [1.165, 1.54) is 0 Å². The van der Waals surface area contributed by atoms with Gasteiger partial charge in [-0.2, -0.15) is 10.4 Å². The molecule has 0 spiro atoms. The average Bonchev–Trinajstić information content (AvgIpc) is 3.25. The molecular formula is C26H21N5O. The number of pyridine rings is 1. The molecule has 1 amide bonds. The van der Waals surface area contributed by atoms with E-state index in [4.69, 9.17) is 5.10 Å². The van der Waals surface area contributed by atoms with Crippen molar-refractivity contribution in [2.24, 2.45) is 0 Å². The summed E-state index contributed by atoms with van der Waals surface area (Å²) in [5.74, 6) is -0.460. The van der Waals surface area contributed by atoms with Gasteiger partial charge in [0.05, 0.1) is 5.69 Å². The molecule has 0 saturated heterocycles. The number of benzene rings is 2. The average molecular weight is 419 g/mol. The fourth-order valence-electron chi connectivity index (χ4n) is 3.44. The fourth-order valence-corrected chi connectivity index (χ4v) is 3.44. The van der Waals surface area contributed by atoms with Crippen LogP contribution in [0.2, 0.25) is 0 Å². The molecule has 6 nitrogen and oxygen atoms in total. The van der Waals surface area contributed by atoms with E-state index in [0.717, 1.165) is 22.4 Å². The third-order valence-electron chi connectivity index (χ3n) is 5.10. The number of carbonyl (C=O) groups is 1. The van der Waals surface area contributed by atoms with Gasteiger partial charge in [-0.05, 0) is 55.3 Å². The molecule has 2 heterocycles. The highest BCUT2D eigenvalue weighted by Gasteiger charge is 2.16. The molecular weight excluding hydrogens is 398 g/mol. The third-order valence-corrected chi connectivity index (χ3v) is 5.10. The number of carbonyl (C=O) groups excluding carboxylic acids is 1. The molecule has 0 aliphatic carbocycles. The number of hydrogen-bond acceptors (Lipinski definition) is 4. The van der Waals surface area contributed by atoms with Gasteiger partial charge in [0.25, 0.3) is 5.91 Å². The molecule has 0 atom stereocenters. The van der Waals surface area contributed by atoms with Crippen LogP contribution < -0.4 is 5.32 Å². The summed E-state index contributed by atoms with van der Waals surface area (Å²) in [6.45, 7) is 3.84. The van der Waals surface area contributed by atoms with Gasteiger partial charge in [0.2, 0.25) is 0 Å². The molecule has 0 radical (unpaired) electrons. The van der Waals surface area contributed by atoms with E-state index in [1.54, 1.807) is 23.2 Å². The molecule has 0 aliphatic rings. The third kappa shape index (κ3) is 4.32. The van der Waals surface area contributed by atoms with Crippen molar-refractivity contribution in [1.29, 1.82) is 5.26 Å². The number of nitriles is 1. The first kappa shape index (κ1) is 20.8. The molecule has 0 bridgehead atoms. The number of aromatic nitrogens is 3. The molecule has 4 aromatic rings. The van der Waals surface area contributed by atoms with Crippen LogP contribution in [0.3, 0.4) is 0 Å². The Morgan fingerprint density at radius 3 is 2.34 bits per heavy atom. The van der Waals surface area contributed by atoms with Gasteiger partial charge in [-0.25, -0.2) is 4.68 Å². The van der Waals surface area contributed by atoms with E-state index < -0.39 is 5.91 Å². The molecule has 0 saturated carbocycles. The Morgan fingerprint density at radius 2 is 1.69 bits per heavy atom. The molecule has 0 fully saturated rings. The minimum absolute atomic E-state index is 0.00410. The van der Waals surface area contributed by atoms with Gasteiger partial charge in [0, 0.05) is 35.4 Å². The number of para-hydroxylation sites is 2. The maximum absolute atomic E-state index is 12.9. The highest BCUT2D eigenvalue weighted by molar-refractivity contribution is 6.10. The van der Waals surface area contributed by atoms with Crippen LogP contribution in [0.15, 0.2) is 84.8 Å². The Hall–Kier alpha value is -4.50. The number of amides is 1. The van der Waals surface area contributed by atoms with Crippen LogP contribution in [-0.4, -0.2) is 20.7 Å². The first-order chi connectivity index (χ1) is 15.6. The normalized spacial score (nSPS) is 11.1. The van der Waals surface area contributed by atoms with E-state index in [0.29, 0.717) is 16.9 Å². The van der Waals surface area contributed by atoms with Crippen LogP contribution in [-0.2, 0) is 4.79 Å². The van der Waals surface area contributed by atoms with Crippen molar-refractivity contribution in [3.63, 3.8) is 0 Å². The smallest absolute Gasteiger partial charge is 0.266 e. The largest absolute Gasteiger partial charge is 0.321 e. The van der Waals surface area contributed by atoms with Gasteiger partial charge in [0.15, 0.2) is 0 Å². The summed E-state index contributed by atoms with van der Waals surface area (Å²) in [5.41, 5.74) is 5.62. The van der Waals surface area contributed by atoms with Crippen LogP contribution in [0, 0.1) is 25.2 Å². The molecule has 6 heteroatoms. The number of nitrogens with zero attached hydrogens (tertiary/aromatic N) is 4. The predicted molar refractivity (Wildman–Crippen MR) is 125 cm³/mol. The summed E-state index contributed by atoms with van der Waals surface area (Å²) < 4.78 is 1.74. The number of hydrogen-bond donors (Lipinski definition) is 1. The lowest BCUT2D eigenvalue weighted by Gasteiger charge is -2.10. The lowest BCUT2D eigenvalue weighted by atomic mass is 10.1. The number of anilines is 1. The quantitative estimate of drug-likeness (QED) is 0.360. The van der Waals surface area contributed by atoms with Crippen LogP contribution in [0.1, 0.15) is 16.7 Å². The topological polar surface area (TPSA) is 83.6 Å². The maximum Gasteiger partial charge on any atom is 0.266 e. The van der Waals surface area contributed by atoms with Gasteiger partial charge in [-0.15, -0.1) is 0 Å². The van der Waals surface area contributed by atoms with Gasteiger partial charge >= 0.3 is 0 Å². The zero-order valence-corrected chi connectivity index (χ0v) is 17.8. The zero-order valence-electron chi connectivity index (χ0n) is 17.8. The van der Waals surface area contributed by atoms with Crippen LogP contribution in [0.25, 0.3) is 23.0 Å². The molecule has 2 aromatic heterocycles. The molecule has 0 aliphatic heterocycles. The van der Waals surface area contributed by atoms with Gasteiger partial charge in [-0.1, -0.05) is 36.4 Å². The highest BCUT2D eigenvalue weighted by Crippen LogP contribution is 2.26. The molecule has 32 heavy (non-hydrogen) atoms. The van der Waals surface area contributed by atoms with E-state index >= 15 is 0 Å². The van der Waals surface area contributed by atoms with E-state index in [9.17, 15) is 10.1 Å². The van der Waals surface area contributed by atoms with Gasteiger partial charge in [0.1, 0.15) is 17.3 Å². The first-order valence-corrected chi connectivity index (χ1v) is 10.1. The van der Waals surface area contributed by atoms with E-state index in [1.807, 2.05) is 86.8 Å². The maximum atomic E-state index is 12.9. The van der Waals surface area contributed by atoms with E-state index in [-0.39, 0.29) is 5.57 Å². The second-order valence-electron chi connectivity index (χ2n) is 7.34. The summed E-state index contributed by atoms with van der Waals surface area (Å²) >= 11 is 0. The predicted octanol–water partition coefficient (Wildman–Crippen LogP) is 5.10. The van der Waals surface area contributed by atoms with E-state index in [2.05, 4.69) is 10.3 Å². The van der Waals surface area contributed by atoms with Crippen LogP contribution >= 0.6 is 0 Å². The second-order valence-corrected chi connectivity index (χ2v) is 7.34. The van der Waals surface area contributed by atoms with Crippen molar-refractivity contribution >= 4 is 17.7 Å². The molecule has 1 N–H and O–H groups in total. The van der Waals surface area contributed by atoms with Crippen molar-refractivity contribution in [3.05, 3.63) is 102 Å². The summed E-state index contributed by atoms with van der Waals surface area (Å²) in [6.07, 6.45) is 6.76. The van der Waals surface area contributed by atoms with Crippen LogP contribution in [0.5, 0.6) is 0 Å². The summed E-state index contributed by atoms with van der Waals surface area (Å²) in [7, 11) is 0. The van der Waals surface area contributed by atoms with Crippen molar-refractivity contribution in [3.8, 4) is 23.0 Å². The lowest BCUT2D eigenvalue weighted by molar-refractivity contribution is -0.112. The minimum atomic E-state index is -0.460. The minimum Gasteiger partial charge on any atom is -0.321 e. The van der Waals surface area contributed by atoms with Crippen molar-refractivity contribution in [2.75, 3.05) is 5.32 Å². The zero-order chi connectivity index (χ0) is 22.5. The number of rotatable bonds is 5. The summed E-state index contributed by atoms with van der Waals surface area (Å²) in [6, 6.07) is 21.2. The Morgan fingerprint density at radius 1 is 1.00 bits per heavy atom. The molecule has 4 rings (SSSR count). The Labute approximate surface area is 186 Å². The molecule has 0 unspecified atom stereocenters. The number of aryl methyl sites for hydroxylation is 2. The SMILES string of the molecule is Cc1cccc(C)c1NC(=O)/C(C#N)=C/c1cn(-c2ccccc2)nc1-c1ccncc1. The van der Waals surface area contributed by atoms with Crippen LogP contribution in [0.4, 0.5) is 5.69 Å². The molecule has 2 aromatic carbocycles. The van der Waals surface area contributed by atoms with Gasteiger partial charge < -0.3 is 5.32 Å². The lowest BCUT2D eigenvalue weighted by Crippen LogP contribution is -2.15. The Kier molecular flexibility index (Phi) is 5.91. The monoisotopic (exact) mass is 419 g/mol. The van der Waals surface area contributed by atoms with Crippen molar-refractivity contribution < 1.29 is 4.79 Å².